The van der Waals surface area contributed by atoms with Crippen LogP contribution in [-0.2, 0) is 6.54 Å². The molecule has 154 valence electrons. The van der Waals surface area contributed by atoms with Gasteiger partial charge in [0.15, 0.2) is 11.5 Å². The molecule has 0 bridgehead atoms. The van der Waals surface area contributed by atoms with E-state index in [2.05, 4.69) is 20.6 Å². The van der Waals surface area contributed by atoms with Gasteiger partial charge in [-0.15, -0.1) is 0 Å². The topological polar surface area (TPSA) is 85.4 Å². The van der Waals surface area contributed by atoms with Crippen molar-refractivity contribution in [3.63, 3.8) is 0 Å². The quantitative estimate of drug-likeness (QED) is 0.476. The molecule has 1 aliphatic rings. The Kier molecular flexibility index (Phi) is 5.01. The van der Waals surface area contributed by atoms with Gasteiger partial charge in [0.1, 0.15) is 11.5 Å². The Morgan fingerprint density at radius 1 is 0.968 bits per heavy atom. The molecule has 4 aromatic rings. The first kappa shape index (κ1) is 19.1. The fourth-order valence-corrected chi connectivity index (χ4v) is 3.51. The zero-order valence-electron chi connectivity index (χ0n) is 16.3. The lowest BCUT2D eigenvalue weighted by molar-refractivity contribution is 0.0946. The van der Waals surface area contributed by atoms with Crippen molar-refractivity contribution in [2.75, 3.05) is 12.1 Å². The molecule has 8 heteroatoms. The van der Waals surface area contributed by atoms with Gasteiger partial charge in [-0.3, -0.25) is 9.78 Å². The molecule has 0 radical (unpaired) electrons. The lowest BCUT2D eigenvalue weighted by Gasteiger charge is -2.10. The molecule has 2 N–H and O–H groups in total. The van der Waals surface area contributed by atoms with Gasteiger partial charge in [-0.2, -0.15) is 0 Å². The molecule has 3 heterocycles. The van der Waals surface area contributed by atoms with Gasteiger partial charge in [0.2, 0.25) is 6.79 Å². The molecule has 0 unspecified atom stereocenters. The van der Waals surface area contributed by atoms with Crippen molar-refractivity contribution < 1.29 is 14.3 Å². The third-order valence-corrected chi connectivity index (χ3v) is 5.11. The SMILES string of the molecule is O=C(NCc1ccc2c(c1)OCO2)c1cc(Nc2nccc3ccc(Cl)cc23)ccn1. The van der Waals surface area contributed by atoms with Crippen molar-refractivity contribution in [1.29, 1.82) is 0 Å². The number of anilines is 2. The van der Waals surface area contributed by atoms with E-state index in [1.165, 1.54) is 0 Å². The van der Waals surface area contributed by atoms with Crippen molar-refractivity contribution in [3.05, 3.63) is 83.3 Å². The largest absolute Gasteiger partial charge is 0.454 e. The number of aromatic nitrogens is 2. The molecule has 7 nitrogen and oxygen atoms in total. The van der Waals surface area contributed by atoms with Crippen molar-refractivity contribution >= 4 is 39.8 Å². The van der Waals surface area contributed by atoms with E-state index >= 15 is 0 Å². The highest BCUT2D eigenvalue weighted by molar-refractivity contribution is 6.31. The Labute approximate surface area is 183 Å². The molecule has 0 fully saturated rings. The molecule has 1 amide bonds. The summed E-state index contributed by atoms with van der Waals surface area (Å²) in [5.41, 5.74) is 1.90. The average molecular weight is 433 g/mol. The molecule has 0 saturated carbocycles. The lowest BCUT2D eigenvalue weighted by atomic mass is 10.1. The zero-order chi connectivity index (χ0) is 21.2. The van der Waals surface area contributed by atoms with Crippen molar-refractivity contribution in [2.45, 2.75) is 6.54 Å². The number of nitrogens with one attached hydrogen (secondary N) is 2. The Morgan fingerprint density at radius 3 is 2.77 bits per heavy atom. The summed E-state index contributed by atoms with van der Waals surface area (Å²) in [7, 11) is 0. The number of rotatable bonds is 5. The van der Waals surface area contributed by atoms with Crippen LogP contribution in [0.3, 0.4) is 0 Å². The summed E-state index contributed by atoms with van der Waals surface area (Å²) in [4.78, 5) is 21.2. The van der Waals surface area contributed by atoms with Gasteiger partial charge in [-0.1, -0.05) is 23.7 Å². The fraction of sp³-hybridized carbons (Fsp3) is 0.0870. The molecule has 0 spiro atoms. The van der Waals surface area contributed by atoms with Crippen LogP contribution in [0.1, 0.15) is 16.1 Å². The number of hydrogen-bond donors (Lipinski definition) is 2. The number of benzene rings is 2. The van der Waals surface area contributed by atoms with Crippen LogP contribution in [-0.4, -0.2) is 22.7 Å². The van der Waals surface area contributed by atoms with Crippen LogP contribution in [0, 0.1) is 0 Å². The summed E-state index contributed by atoms with van der Waals surface area (Å²) in [6, 6.07) is 16.6. The summed E-state index contributed by atoms with van der Waals surface area (Å²) >= 11 is 6.14. The van der Waals surface area contributed by atoms with Gasteiger partial charge in [-0.25, -0.2) is 4.98 Å². The van der Waals surface area contributed by atoms with Gasteiger partial charge in [0.05, 0.1) is 0 Å². The van der Waals surface area contributed by atoms with E-state index < -0.39 is 0 Å². The summed E-state index contributed by atoms with van der Waals surface area (Å²) in [6.45, 7) is 0.560. The van der Waals surface area contributed by atoms with Crippen LogP contribution >= 0.6 is 11.6 Å². The van der Waals surface area contributed by atoms with Crippen molar-refractivity contribution in [1.82, 2.24) is 15.3 Å². The Morgan fingerprint density at radius 2 is 1.84 bits per heavy atom. The van der Waals surface area contributed by atoms with Crippen molar-refractivity contribution in [2.24, 2.45) is 0 Å². The highest BCUT2D eigenvalue weighted by Gasteiger charge is 2.14. The predicted octanol–water partition coefficient (Wildman–Crippen LogP) is 4.69. The summed E-state index contributed by atoms with van der Waals surface area (Å²) in [6.07, 6.45) is 3.30. The molecule has 0 aliphatic carbocycles. The lowest BCUT2D eigenvalue weighted by Crippen LogP contribution is -2.23. The standard InChI is InChI=1S/C23H17ClN4O3/c24-16-3-2-15-5-7-26-22(18(15)10-16)28-17-6-8-25-19(11-17)23(29)27-12-14-1-4-20-21(9-14)31-13-30-20/h1-11H,12-13H2,(H,27,29)(H,25,26,28). The van der Waals surface area contributed by atoms with Crippen LogP contribution in [0.25, 0.3) is 10.8 Å². The number of amides is 1. The van der Waals surface area contributed by atoms with E-state index in [1.807, 2.05) is 42.5 Å². The van der Waals surface area contributed by atoms with E-state index in [0.717, 1.165) is 16.3 Å². The number of carbonyl (C=O) groups excluding carboxylic acids is 1. The second-order valence-corrected chi connectivity index (χ2v) is 7.39. The second-order valence-electron chi connectivity index (χ2n) is 6.95. The maximum Gasteiger partial charge on any atom is 0.270 e. The maximum absolute atomic E-state index is 12.6. The first-order valence-electron chi connectivity index (χ1n) is 9.60. The number of nitrogens with zero attached hydrogens (tertiary/aromatic N) is 2. The number of hydrogen-bond acceptors (Lipinski definition) is 6. The smallest absolute Gasteiger partial charge is 0.270 e. The Bertz CT molecular complexity index is 1300. The molecule has 31 heavy (non-hydrogen) atoms. The van der Waals surface area contributed by atoms with Gasteiger partial charge < -0.3 is 20.1 Å². The molecular formula is C23H17ClN4O3. The zero-order valence-corrected chi connectivity index (χ0v) is 17.0. The molecule has 2 aromatic heterocycles. The van der Waals surface area contributed by atoms with Gasteiger partial charge in [0.25, 0.3) is 5.91 Å². The third kappa shape index (κ3) is 4.08. The maximum atomic E-state index is 12.6. The van der Waals surface area contributed by atoms with Crippen LogP contribution < -0.4 is 20.1 Å². The Hall–Kier alpha value is -3.84. The fourth-order valence-electron chi connectivity index (χ4n) is 3.33. The molecule has 0 atom stereocenters. The highest BCUT2D eigenvalue weighted by atomic mass is 35.5. The minimum atomic E-state index is -0.282. The summed E-state index contributed by atoms with van der Waals surface area (Å²) < 4.78 is 10.7. The van der Waals surface area contributed by atoms with Crippen LogP contribution in [0.15, 0.2) is 67.0 Å². The molecular weight excluding hydrogens is 416 g/mol. The van der Waals surface area contributed by atoms with Crippen LogP contribution in [0.2, 0.25) is 5.02 Å². The molecule has 1 aliphatic heterocycles. The summed E-state index contributed by atoms with van der Waals surface area (Å²) in [5, 5.41) is 8.66. The molecule has 5 rings (SSSR count). The van der Waals surface area contributed by atoms with E-state index in [0.29, 0.717) is 40.3 Å². The normalized spacial score (nSPS) is 12.0. The monoisotopic (exact) mass is 432 g/mol. The minimum absolute atomic E-state index is 0.215. The predicted molar refractivity (Wildman–Crippen MR) is 118 cm³/mol. The third-order valence-electron chi connectivity index (χ3n) is 4.87. The number of pyridine rings is 2. The van der Waals surface area contributed by atoms with E-state index in [4.69, 9.17) is 21.1 Å². The van der Waals surface area contributed by atoms with Gasteiger partial charge in [-0.05, 0) is 53.4 Å². The number of halogens is 1. The van der Waals surface area contributed by atoms with E-state index in [1.54, 1.807) is 24.5 Å². The molecule has 2 aromatic carbocycles. The van der Waals surface area contributed by atoms with E-state index in [9.17, 15) is 4.79 Å². The summed E-state index contributed by atoms with van der Waals surface area (Å²) in [5.74, 6) is 1.76. The number of ether oxygens (including phenoxy) is 2. The minimum Gasteiger partial charge on any atom is -0.454 e. The highest BCUT2D eigenvalue weighted by Crippen LogP contribution is 2.32. The van der Waals surface area contributed by atoms with Crippen LogP contribution in [0.4, 0.5) is 11.5 Å². The first-order valence-corrected chi connectivity index (χ1v) is 9.97. The van der Waals surface area contributed by atoms with Crippen LogP contribution in [0.5, 0.6) is 11.5 Å². The van der Waals surface area contributed by atoms with E-state index in [-0.39, 0.29) is 12.7 Å². The van der Waals surface area contributed by atoms with Gasteiger partial charge in [0, 0.05) is 35.0 Å². The Balaban J connectivity index is 1.31. The second kappa shape index (κ2) is 8.12. The van der Waals surface area contributed by atoms with Crippen molar-refractivity contribution in [3.8, 4) is 11.5 Å². The number of carbonyl (C=O) groups is 1. The average Bonchev–Trinajstić information content (AvgIpc) is 3.26. The van der Waals surface area contributed by atoms with Gasteiger partial charge >= 0.3 is 0 Å². The molecule has 0 saturated heterocycles. The number of fused-ring (bicyclic) bond motifs is 2. The first-order chi connectivity index (χ1) is 15.2.